The van der Waals surface area contributed by atoms with Gasteiger partial charge < -0.3 is 15.1 Å². The summed E-state index contributed by atoms with van der Waals surface area (Å²) >= 11 is 0. The van der Waals surface area contributed by atoms with E-state index in [9.17, 15) is 0 Å². The highest BCUT2D eigenvalue weighted by Crippen LogP contribution is 2.24. The fraction of sp³-hybridized carbons (Fsp3) is 0.391. The van der Waals surface area contributed by atoms with Crippen molar-refractivity contribution in [2.45, 2.75) is 45.3 Å². The van der Waals surface area contributed by atoms with Crippen LogP contribution >= 0.6 is 0 Å². The van der Waals surface area contributed by atoms with Gasteiger partial charge in [0.2, 0.25) is 0 Å². The third-order valence-electron chi connectivity index (χ3n) is 5.02. The summed E-state index contributed by atoms with van der Waals surface area (Å²) in [6.07, 6.45) is 4.43. The number of nitrogens with zero attached hydrogens (tertiary/aromatic N) is 2. The van der Waals surface area contributed by atoms with Gasteiger partial charge in [0.25, 0.3) is 0 Å². The SMILES string of the molecule is C[C@H](N[C@H](CN1C=CN(C(C)(C)C)C1)c1ccccc1)c1ccccc1. The predicted octanol–water partition coefficient (Wildman–Crippen LogP) is 4.92. The van der Waals surface area contributed by atoms with Crippen molar-refractivity contribution >= 4 is 0 Å². The molecule has 0 aromatic heterocycles. The first-order valence-electron chi connectivity index (χ1n) is 9.48. The highest BCUT2D eigenvalue weighted by molar-refractivity contribution is 5.22. The molecule has 2 aromatic carbocycles. The third kappa shape index (κ3) is 4.67. The molecular weight excluding hydrogens is 318 g/mol. The molecule has 0 saturated heterocycles. The van der Waals surface area contributed by atoms with Gasteiger partial charge in [-0.15, -0.1) is 0 Å². The van der Waals surface area contributed by atoms with Crippen molar-refractivity contribution in [1.29, 1.82) is 0 Å². The van der Waals surface area contributed by atoms with Gasteiger partial charge in [0.05, 0.1) is 12.7 Å². The fourth-order valence-electron chi connectivity index (χ4n) is 3.33. The summed E-state index contributed by atoms with van der Waals surface area (Å²) in [6.45, 7) is 10.9. The molecule has 1 N–H and O–H groups in total. The topological polar surface area (TPSA) is 18.5 Å². The van der Waals surface area contributed by atoms with Crippen LogP contribution in [0.4, 0.5) is 0 Å². The molecule has 3 nitrogen and oxygen atoms in total. The average Bonchev–Trinajstić information content (AvgIpc) is 3.12. The Morgan fingerprint density at radius 2 is 1.46 bits per heavy atom. The molecule has 3 rings (SSSR count). The molecule has 0 saturated carbocycles. The maximum absolute atomic E-state index is 3.84. The van der Waals surface area contributed by atoms with E-state index in [0.717, 1.165) is 13.2 Å². The summed E-state index contributed by atoms with van der Waals surface area (Å²) in [4.78, 5) is 4.78. The summed E-state index contributed by atoms with van der Waals surface area (Å²) in [5.41, 5.74) is 2.80. The van der Waals surface area contributed by atoms with Gasteiger partial charge in [-0.25, -0.2) is 0 Å². The molecular formula is C23H31N3. The van der Waals surface area contributed by atoms with Crippen molar-refractivity contribution in [2.75, 3.05) is 13.2 Å². The predicted molar refractivity (Wildman–Crippen MR) is 109 cm³/mol. The van der Waals surface area contributed by atoms with Crippen LogP contribution in [0.15, 0.2) is 73.1 Å². The zero-order chi connectivity index (χ0) is 18.6. The second-order valence-electron chi connectivity index (χ2n) is 8.11. The Labute approximate surface area is 158 Å². The van der Waals surface area contributed by atoms with Gasteiger partial charge in [-0.2, -0.15) is 0 Å². The Hall–Kier alpha value is -2.26. The normalized spacial score (nSPS) is 16.8. The largest absolute Gasteiger partial charge is 0.357 e. The number of benzene rings is 2. The molecule has 0 aliphatic carbocycles. The van der Waals surface area contributed by atoms with Crippen molar-refractivity contribution in [2.24, 2.45) is 0 Å². The molecule has 1 heterocycles. The molecule has 0 radical (unpaired) electrons. The maximum Gasteiger partial charge on any atom is 0.0899 e. The van der Waals surface area contributed by atoms with Crippen LogP contribution in [0.3, 0.4) is 0 Å². The van der Waals surface area contributed by atoms with Crippen molar-refractivity contribution in [3.05, 3.63) is 84.2 Å². The monoisotopic (exact) mass is 349 g/mol. The molecule has 1 aliphatic rings. The molecule has 0 unspecified atom stereocenters. The molecule has 0 fully saturated rings. The molecule has 3 heteroatoms. The molecule has 2 aromatic rings. The number of hydrogen-bond donors (Lipinski definition) is 1. The first-order chi connectivity index (χ1) is 12.4. The van der Waals surface area contributed by atoms with Crippen molar-refractivity contribution in [3.8, 4) is 0 Å². The van der Waals surface area contributed by atoms with Gasteiger partial charge in [-0.3, -0.25) is 0 Å². The van der Waals surface area contributed by atoms with Gasteiger partial charge in [0, 0.05) is 30.5 Å². The van der Waals surface area contributed by atoms with E-state index in [1.807, 2.05) is 0 Å². The zero-order valence-electron chi connectivity index (χ0n) is 16.4. The third-order valence-corrected chi connectivity index (χ3v) is 5.02. The minimum atomic E-state index is 0.151. The van der Waals surface area contributed by atoms with Crippen molar-refractivity contribution in [1.82, 2.24) is 15.1 Å². The lowest BCUT2D eigenvalue weighted by atomic mass is 10.0. The zero-order valence-corrected chi connectivity index (χ0v) is 16.4. The highest BCUT2D eigenvalue weighted by Gasteiger charge is 2.25. The van der Waals surface area contributed by atoms with E-state index < -0.39 is 0 Å². The minimum absolute atomic E-state index is 0.151. The molecule has 1 aliphatic heterocycles. The molecule has 0 spiro atoms. The van der Waals surface area contributed by atoms with Crippen LogP contribution in [0, 0.1) is 0 Å². The quantitative estimate of drug-likeness (QED) is 0.798. The second kappa shape index (κ2) is 7.96. The number of rotatable bonds is 6. The Kier molecular flexibility index (Phi) is 5.67. The van der Waals surface area contributed by atoms with E-state index in [-0.39, 0.29) is 11.6 Å². The van der Waals surface area contributed by atoms with E-state index >= 15 is 0 Å². The summed E-state index contributed by atoms with van der Waals surface area (Å²) in [5.74, 6) is 0. The lowest BCUT2D eigenvalue weighted by Crippen LogP contribution is -2.41. The lowest BCUT2D eigenvalue weighted by Gasteiger charge is -2.34. The van der Waals surface area contributed by atoms with Gasteiger partial charge >= 0.3 is 0 Å². The highest BCUT2D eigenvalue weighted by atomic mass is 15.4. The van der Waals surface area contributed by atoms with Crippen LogP contribution in [-0.2, 0) is 0 Å². The number of nitrogens with one attached hydrogen (secondary N) is 1. The van der Waals surface area contributed by atoms with Crippen LogP contribution in [0.1, 0.15) is 50.9 Å². The summed E-state index contributed by atoms with van der Waals surface area (Å²) in [6, 6.07) is 22.0. The molecule has 2 atom stereocenters. The van der Waals surface area contributed by atoms with Gasteiger partial charge in [0.1, 0.15) is 0 Å². The Bertz CT molecular complexity index is 703. The van der Waals surface area contributed by atoms with Crippen LogP contribution in [0.2, 0.25) is 0 Å². The average molecular weight is 350 g/mol. The van der Waals surface area contributed by atoms with E-state index in [4.69, 9.17) is 0 Å². The van der Waals surface area contributed by atoms with E-state index in [1.54, 1.807) is 0 Å². The van der Waals surface area contributed by atoms with Gasteiger partial charge in [0.15, 0.2) is 0 Å². The summed E-state index contributed by atoms with van der Waals surface area (Å²) < 4.78 is 0. The summed E-state index contributed by atoms with van der Waals surface area (Å²) in [5, 5.41) is 3.84. The first-order valence-corrected chi connectivity index (χ1v) is 9.48. The smallest absolute Gasteiger partial charge is 0.0899 e. The van der Waals surface area contributed by atoms with Crippen molar-refractivity contribution in [3.63, 3.8) is 0 Å². The minimum Gasteiger partial charge on any atom is -0.357 e. The first kappa shape index (κ1) is 18.5. The Morgan fingerprint density at radius 1 is 0.885 bits per heavy atom. The van der Waals surface area contributed by atoms with Crippen LogP contribution in [0.5, 0.6) is 0 Å². The number of hydrogen-bond acceptors (Lipinski definition) is 3. The van der Waals surface area contributed by atoms with E-state index in [1.165, 1.54) is 11.1 Å². The van der Waals surface area contributed by atoms with Crippen LogP contribution in [-0.4, -0.2) is 28.6 Å². The summed E-state index contributed by atoms with van der Waals surface area (Å²) in [7, 11) is 0. The lowest BCUT2D eigenvalue weighted by molar-refractivity contribution is 0.154. The molecule has 26 heavy (non-hydrogen) atoms. The molecule has 0 amide bonds. The van der Waals surface area contributed by atoms with Gasteiger partial charge in [-0.05, 0) is 38.8 Å². The van der Waals surface area contributed by atoms with Gasteiger partial charge in [-0.1, -0.05) is 60.7 Å². The Morgan fingerprint density at radius 3 is 2.00 bits per heavy atom. The van der Waals surface area contributed by atoms with Crippen LogP contribution in [0.25, 0.3) is 0 Å². The fourth-order valence-corrected chi connectivity index (χ4v) is 3.33. The standard InChI is InChI=1S/C23H31N3/c1-19(20-11-7-5-8-12-20)24-22(21-13-9-6-10-14-21)17-25-15-16-26(18-25)23(2,3)4/h5-16,19,22,24H,17-18H2,1-4H3/t19-,22+/m0/s1. The van der Waals surface area contributed by atoms with E-state index in [2.05, 4.69) is 116 Å². The van der Waals surface area contributed by atoms with Crippen molar-refractivity contribution < 1.29 is 0 Å². The molecule has 0 bridgehead atoms. The molecule has 138 valence electrons. The van der Waals surface area contributed by atoms with E-state index in [0.29, 0.717) is 6.04 Å². The maximum atomic E-state index is 3.84. The van der Waals surface area contributed by atoms with Crippen LogP contribution < -0.4 is 5.32 Å². The second-order valence-corrected chi connectivity index (χ2v) is 8.11. The Balaban J connectivity index is 1.72.